The standard InChI is InChI=1S/C18H27N5O/c1-13-12-22(11-10-19-13)14-6-5-7-15-17(14)21(2)18(24)23(15)16-8-3-4-9-20-16/h5-7,13,16,19-20H,3-4,8-12H2,1-2H3/t13-,16?/m0/s1. The van der Waals surface area contributed by atoms with Gasteiger partial charge in [-0.2, -0.15) is 0 Å². The lowest BCUT2D eigenvalue weighted by atomic mass is 10.1. The van der Waals surface area contributed by atoms with Gasteiger partial charge in [-0.05, 0) is 44.9 Å². The van der Waals surface area contributed by atoms with Crippen molar-refractivity contribution < 1.29 is 0 Å². The molecule has 1 unspecified atom stereocenters. The highest BCUT2D eigenvalue weighted by Crippen LogP contribution is 2.29. The van der Waals surface area contributed by atoms with E-state index >= 15 is 0 Å². The van der Waals surface area contributed by atoms with Crippen molar-refractivity contribution in [1.29, 1.82) is 0 Å². The summed E-state index contributed by atoms with van der Waals surface area (Å²) < 4.78 is 3.79. The number of benzene rings is 1. The molecule has 6 heteroatoms. The Morgan fingerprint density at radius 3 is 2.79 bits per heavy atom. The van der Waals surface area contributed by atoms with Crippen molar-refractivity contribution in [3.63, 3.8) is 0 Å². The topological polar surface area (TPSA) is 54.2 Å². The van der Waals surface area contributed by atoms with Gasteiger partial charge in [-0.3, -0.25) is 14.5 Å². The van der Waals surface area contributed by atoms with E-state index in [4.69, 9.17) is 0 Å². The van der Waals surface area contributed by atoms with Crippen LogP contribution in [0.4, 0.5) is 5.69 Å². The highest BCUT2D eigenvalue weighted by Gasteiger charge is 2.25. The number of imidazole rings is 1. The maximum Gasteiger partial charge on any atom is 0.330 e. The van der Waals surface area contributed by atoms with Gasteiger partial charge in [0.15, 0.2) is 0 Å². The molecule has 1 aromatic heterocycles. The molecule has 6 nitrogen and oxygen atoms in total. The molecule has 2 saturated heterocycles. The van der Waals surface area contributed by atoms with Crippen LogP contribution in [-0.2, 0) is 7.05 Å². The number of rotatable bonds is 2. The molecule has 0 aliphatic carbocycles. The number of nitrogens with one attached hydrogen (secondary N) is 2. The number of para-hydroxylation sites is 1. The van der Waals surface area contributed by atoms with Gasteiger partial charge in [0.1, 0.15) is 0 Å². The van der Waals surface area contributed by atoms with E-state index in [0.717, 1.165) is 43.6 Å². The number of hydrogen-bond donors (Lipinski definition) is 2. The molecular formula is C18H27N5O. The number of fused-ring (bicyclic) bond motifs is 1. The predicted molar refractivity (Wildman–Crippen MR) is 97.7 cm³/mol. The normalized spacial score (nSPS) is 25.3. The minimum atomic E-state index is 0.0834. The Labute approximate surface area is 142 Å². The molecule has 24 heavy (non-hydrogen) atoms. The van der Waals surface area contributed by atoms with E-state index in [2.05, 4.69) is 40.7 Å². The summed E-state index contributed by atoms with van der Waals surface area (Å²) in [7, 11) is 1.90. The van der Waals surface area contributed by atoms with Crippen LogP contribution in [0.3, 0.4) is 0 Å². The van der Waals surface area contributed by atoms with Crippen LogP contribution < -0.4 is 21.2 Å². The van der Waals surface area contributed by atoms with E-state index in [-0.39, 0.29) is 11.9 Å². The summed E-state index contributed by atoms with van der Waals surface area (Å²) in [5.74, 6) is 0. The number of aryl methyl sites for hydroxylation is 1. The van der Waals surface area contributed by atoms with Gasteiger partial charge in [0.05, 0.1) is 22.9 Å². The lowest BCUT2D eigenvalue weighted by Crippen LogP contribution is -2.49. The van der Waals surface area contributed by atoms with Gasteiger partial charge in [-0.1, -0.05) is 6.07 Å². The highest BCUT2D eigenvalue weighted by atomic mass is 16.1. The van der Waals surface area contributed by atoms with E-state index in [1.165, 1.54) is 18.5 Å². The summed E-state index contributed by atoms with van der Waals surface area (Å²) in [6.45, 7) is 6.13. The molecule has 0 saturated carbocycles. The Bertz CT molecular complexity index is 787. The third-order valence-corrected chi connectivity index (χ3v) is 5.39. The van der Waals surface area contributed by atoms with Gasteiger partial charge < -0.3 is 10.2 Å². The molecule has 2 fully saturated rings. The van der Waals surface area contributed by atoms with Gasteiger partial charge in [-0.25, -0.2) is 4.79 Å². The Hall–Kier alpha value is -1.79. The fraction of sp³-hybridized carbons (Fsp3) is 0.611. The second-order valence-electron chi connectivity index (χ2n) is 7.12. The van der Waals surface area contributed by atoms with Crippen molar-refractivity contribution in [3.05, 3.63) is 28.7 Å². The van der Waals surface area contributed by atoms with Gasteiger partial charge in [0, 0.05) is 32.7 Å². The average Bonchev–Trinajstić information content (AvgIpc) is 2.87. The molecule has 0 spiro atoms. The van der Waals surface area contributed by atoms with E-state index in [0.29, 0.717) is 6.04 Å². The smallest absolute Gasteiger partial charge is 0.330 e. The monoisotopic (exact) mass is 329 g/mol. The van der Waals surface area contributed by atoms with Gasteiger partial charge in [-0.15, -0.1) is 0 Å². The minimum Gasteiger partial charge on any atom is -0.367 e. The molecular weight excluding hydrogens is 302 g/mol. The predicted octanol–water partition coefficient (Wildman–Crippen LogP) is 1.41. The quantitative estimate of drug-likeness (QED) is 0.875. The average molecular weight is 329 g/mol. The highest BCUT2D eigenvalue weighted by molar-refractivity contribution is 5.90. The van der Waals surface area contributed by atoms with Crippen LogP contribution in [0.15, 0.2) is 23.0 Å². The van der Waals surface area contributed by atoms with Crippen molar-refractivity contribution >= 4 is 16.7 Å². The Kier molecular flexibility index (Phi) is 4.10. The van der Waals surface area contributed by atoms with E-state index in [1.54, 1.807) is 0 Å². The largest absolute Gasteiger partial charge is 0.367 e. The fourth-order valence-corrected chi connectivity index (χ4v) is 4.18. The number of nitrogens with zero attached hydrogens (tertiary/aromatic N) is 3. The van der Waals surface area contributed by atoms with E-state index in [1.807, 2.05) is 16.2 Å². The van der Waals surface area contributed by atoms with Gasteiger partial charge >= 0.3 is 5.69 Å². The minimum absolute atomic E-state index is 0.0834. The van der Waals surface area contributed by atoms with Crippen LogP contribution in [0, 0.1) is 0 Å². The summed E-state index contributed by atoms with van der Waals surface area (Å²) in [5, 5.41) is 7.00. The van der Waals surface area contributed by atoms with Crippen LogP contribution in [0.5, 0.6) is 0 Å². The lowest BCUT2D eigenvalue weighted by molar-refractivity contribution is 0.319. The maximum absolute atomic E-state index is 12.9. The second kappa shape index (κ2) is 6.26. The third kappa shape index (κ3) is 2.54. The fourth-order valence-electron chi connectivity index (χ4n) is 4.18. The first-order valence-electron chi connectivity index (χ1n) is 9.08. The Morgan fingerprint density at radius 1 is 1.17 bits per heavy atom. The summed E-state index contributed by atoms with van der Waals surface area (Å²) in [6, 6.07) is 6.79. The SMILES string of the molecule is C[C@H]1CN(c2cccc3c2n(C)c(=O)n3C2CCCCN2)CCN1. The van der Waals surface area contributed by atoms with Crippen molar-refractivity contribution in [2.75, 3.05) is 31.1 Å². The first kappa shape index (κ1) is 15.7. The maximum atomic E-state index is 12.9. The molecule has 4 rings (SSSR count). The number of anilines is 1. The molecule has 0 radical (unpaired) electrons. The number of piperidine rings is 1. The molecule has 130 valence electrons. The molecule has 3 heterocycles. The molecule has 2 N–H and O–H groups in total. The lowest BCUT2D eigenvalue weighted by Gasteiger charge is -2.34. The first-order valence-corrected chi connectivity index (χ1v) is 9.08. The molecule has 2 atom stereocenters. The zero-order chi connectivity index (χ0) is 16.7. The molecule has 2 aliphatic heterocycles. The Morgan fingerprint density at radius 2 is 2.04 bits per heavy atom. The van der Waals surface area contributed by atoms with Crippen molar-refractivity contribution in [2.45, 2.75) is 38.4 Å². The van der Waals surface area contributed by atoms with Crippen molar-refractivity contribution in [2.24, 2.45) is 7.05 Å². The Balaban J connectivity index is 1.84. The van der Waals surface area contributed by atoms with Crippen LogP contribution >= 0.6 is 0 Å². The van der Waals surface area contributed by atoms with Gasteiger partial charge in [0.2, 0.25) is 0 Å². The van der Waals surface area contributed by atoms with E-state index in [9.17, 15) is 4.79 Å². The summed E-state index contributed by atoms with van der Waals surface area (Å²) in [4.78, 5) is 15.3. The zero-order valence-electron chi connectivity index (χ0n) is 14.6. The molecule has 1 aromatic carbocycles. The van der Waals surface area contributed by atoms with Crippen LogP contribution in [0.2, 0.25) is 0 Å². The number of piperazine rings is 1. The van der Waals surface area contributed by atoms with Gasteiger partial charge in [0.25, 0.3) is 0 Å². The summed E-state index contributed by atoms with van der Waals surface area (Å²) in [5.41, 5.74) is 3.37. The van der Waals surface area contributed by atoms with Crippen molar-refractivity contribution in [1.82, 2.24) is 19.8 Å². The zero-order valence-corrected chi connectivity index (χ0v) is 14.6. The van der Waals surface area contributed by atoms with Crippen LogP contribution in [0.1, 0.15) is 32.4 Å². The molecule has 2 aromatic rings. The third-order valence-electron chi connectivity index (χ3n) is 5.39. The van der Waals surface area contributed by atoms with Crippen LogP contribution in [0.25, 0.3) is 11.0 Å². The second-order valence-corrected chi connectivity index (χ2v) is 7.12. The number of hydrogen-bond acceptors (Lipinski definition) is 4. The molecule has 0 bridgehead atoms. The number of aromatic nitrogens is 2. The van der Waals surface area contributed by atoms with Crippen molar-refractivity contribution in [3.8, 4) is 0 Å². The summed E-state index contributed by atoms with van der Waals surface area (Å²) >= 11 is 0. The molecule has 0 amide bonds. The van der Waals surface area contributed by atoms with E-state index < -0.39 is 0 Å². The molecule has 2 aliphatic rings. The van der Waals surface area contributed by atoms with Crippen LogP contribution in [-0.4, -0.2) is 41.4 Å². The summed E-state index contributed by atoms with van der Waals surface area (Å²) in [6.07, 6.45) is 3.51. The first-order chi connectivity index (χ1) is 11.7.